The van der Waals surface area contributed by atoms with Gasteiger partial charge in [0.2, 0.25) is 5.95 Å². The topological polar surface area (TPSA) is 108 Å². The van der Waals surface area contributed by atoms with Crippen molar-refractivity contribution in [3.8, 4) is 6.01 Å². The fraction of sp³-hybridized carbons (Fsp3) is 0.667. The molecule has 0 saturated carbocycles. The molecule has 0 unspecified atom stereocenters. The van der Waals surface area contributed by atoms with Crippen molar-refractivity contribution >= 4 is 27.5 Å². The van der Waals surface area contributed by atoms with Gasteiger partial charge in [-0.25, -0.2) is 8.42 Å². The molecule has 0 aliphatic heterocycles. The number of nitrogens with two attached hydrogens (primary N) is 1. The Hall–Kier alpha value is -1.09. The summed E-state index contributed by atoms with van der Waals surface area (Å²) in [5.41, 5.74) is 5.52. The predicted molar refractivity (Wildman–Crippen MR) is 70.4 cm³/mol. The first kappa shape index (κ1) is 15.0. The van der Waals surface area contributed by atoms with Gasteiger partial charge in [0.1, 0.15) is 9.84 Å². The van der Waals surface area contributed by atoms with Gasteiger partial charge in [0.05, 0.1) is 11.9 Å². The first-order valence-electron chi connectivity index (χ1n) is 5.25. The third-order valence-corrected chi connectivity index (χ3v) is 3.69. The van der Waals surface area contributed by atoms with Gasteiger partial charge < -0.3 is 10.5 Å². The van der Waals surface area contributed by atoms with E-state index in [-0.39, 0.29) is 23.8 Å². The maximum atomic E-state index is 11.0. The number of hydrogen-bond donors (Lipinski definition) is 1. The first-order valence-corrected chi connectivity index (χ1v) is 8.29. The quantitative estimate of drug-likeness (QED) is 0.749. The summed E-state index contributed by atoms with van der Waals surface area (Å²) in [6.07, 6.45) is 1.11. The summed E-state index contributed by atoms with van der Waals surface area (Å²) in [7, 11) is -2.99. The molecule has 0 aliphatic rings. The van der Waals surface area contributed by atoms with E-state index >= 15 is 0 Å². The minimum atomic E-state index is -2.99. The summed E-state index contributed by atoms with van der Waals surface area (Å²) in [5, 5.41) is 0.363. The van der Waals surface area contributed by atoms with Crippen LogP contribution in [0, 0.1) is 0 Å². The third kappa shape index (κ3) is 6.01. The van der Waals surface area contributed by atoms with E-state index in [1.807, 2.05) is 13.8 Å². The fourth-order valence-corrected chi connectivity index (χ4v) is 2.99. The molecule has 7 nitrogen and oxygen atoms in total. The summed E-state index contributed by atoms with van der Waals surface area (Å²) >= 11 is 1.20. The molecular formula is C9H16N4O3S2. The maximum Gasteiger partial charge on any atom is 0.322 e. The normalized spacial score (nSPS) is 11.8. The minimum Gasteiger partial charge on any atom is -0.461 e. The second-order valence-corrected chi connectivity index (χ2v) is 7.23. The van der Waals surface area contributed by atoms with Crippen molar-refractivity contribution in [3.63, 3.8) is 0 Å². The van der Waals surface area contributed by atoms with Crippen LogP contribution in [-0.4, -0.2) is 47.2 Å². The first-order chi connectivity index (χ1) is 8.26. The third-order valence-electron chi connectivity index (χ3n) is 1.64. The Morgan fingerprint density at radius 1 is 1.33 bits per heavy atom. The average Bonchev–Trinajstić information content (AvgIpc) is 2.12. The van der Waals surface area contributed by atoms with Crippen molar-refractivity contribution in [1.82, 2.24) is 15.0 Å². The molecule has 0 spiro atoms. The number of nitrogens with zero attached hydrogens (tertiary/aromatic N) is 3. The lowest BCUT2D eigenvalue weighted by molar-refractivity contribution is 0.219. The summed E-state index contributed by atoms with van der Waals surface area (Å²) in [6.45, 7) is 3.69. The zero-order valence-corrected chi connectivity index (χ0v) is 12.1. The van der Waals surface area contributed by atoms with Crippen molar-refractivity contribution in [2.24, 2.45) is 0 Å². The summed E-state index contributed by atoms with van der Waals surface area (Å²) in [6, 6.07) is 0.152. The lowest BCUT2D eigenvalue weighted by Crippen LogP contribution is -2.11. The Balaban J connectivity index is 2.68. The molecule has 2 N–H and O–H groups in total. The zero-order chi connectivity index (χ0) is 13.8. The van der Waals surface area contributed by atoms with Crippen molar-refractivity contribution in [1.29, 1.82) is 0 Å². The molecule has 0 radical (unpaired) electrons. The predicted octanol–water partition coefficient (Wildman–Crippen LogP) is 0.378. The van der Waals surface area contributed by atoms with Gasteiger partial charge >= 0.3 is 6.01 Å². The Morgan fingerprint density at radius 2 is 2.00 bits per heavy atom. The average molecular weight is 292 g/mol. The van der Waals surface area contributed by atoms with Crippen LogP contribution in [0.1, 0.15) is 13.8 Å². The van der Waals surface area contributed by atoms with Gasteiger partial charge in [-0.1, -0.05) is 11.8 Å². The molecule has 9 heteroatoms. The monoisotopic (exact) mass is 292 g/mol. The van der Waals surface area contributed by atoms with Gasteiger partial charge in [-0.05, 0) is 13.8 Å². The highest BCUT2D eigenvalue weighted by Gasteiger charge is 2.09. The number of sulfone groups is 1. The van der Waals surface area contributed by atoms with E-state index in [4.69, 9.17) is 10.5 Å². The van der Waals surface area contributed by atoms with E-state index in [0.717, 1.165) is 0 Å². The molecule has 0 aromatic carbocycles. The number of thioether (sulfide) groups is 1. The second-order valence-electron chi connectivity index (χ2n) is 3.90. The van der Waals surface area contributed by atoms with Gasteiger partial charge in [-0.15, -0.1) is 0 Å². The SMILES string of the molecule is CC(C)Oc1nc(N)nc(SCCS(C)(=O)=O)n1. The van der Waals surface area contributed by atoms with Gasteiger partial charge in [-0.3, -0.25) is 0 Å². The summed E-state index contributed by atoms with van der Waals surface area (Å²) < 4.78 is 27.3. The molecule has 1 aromatic heterocycles. The lowest BCUT2D eigenvalue weighted by Gasteiger charge is -2.08. The van der Waals surface area contributed by atoms with Crippen LogP contribution in [0.15, 0.2) is 5.16 Å². The molecule has 0 amide bonds. The van der Waals surface area contributed by atoms with Gasteiger partial charge in [0, 0.05) is 12.0 Å². The fourth-order valence-electron chi connectivity index (χ4n) is 0.965. The molecule has 0 atom stereocenters. The molecule has 1 aromatic rings. The van der Waals surface area contributed by atoms with Crippen LogP contribution in [0.5, 0.6) is 6.01 Å². The van der Waals surface area contributed by atoms with Crippen LogP contribution < -0.4 is 10.5 Å². The number of rotatable bonds is 6. The lowest BCUT2D eigenvalue weighted by atomic mass is 10.5. The van der Waals surface area contributed by atoms with E-state index in [0.29, 0.717) is 10.9 Å². The van der Waals surface area contributed by atoms with E-state index in [2.05, 4.69) is 15.0 Å². The zero-order valence-electron chi connectivity index (χ0n) is 10.5. The Bertz CT molecular complexity index is 505. The highest BCUT2D eigenvalue weighted by molar-refractivity contribution is 8.00. The standard InChI is InChI=1S/C9H16N4O3S2/c1-6(2)16-8-11-7(10)12-9(13-8)17-4-5-18(3,14)15/h6H,4-5H2,1-3H3,(H2,10,11,12,13). The van der Waals surface area contributed by atoms with E-state index < -0.39 is 9.84 Å². The van der Waals surface area contributed by atoms with E-state index in [1.54, 1.807) is 0 Å². The van der Waals surface area contributed by atoms with Gasteiger partial charge in [-0.2, -0.15) is 15.0 Å². The number of ether oxygens (including phenoxy) is 1. The van der Waals surface area contributed by atoms with Gasteiger partial charge in [0.25, 0.3) is 0 Å². The van der Waals surface area contributed by atoms with Crippen molar-refractivity contribution in [3.05, 3.63) is 0 Å². The Morgan fingerprint density at radius 3 is 2.56 bits per heavy atom. The van der Waals surface area contributed by atoms with Crippen LogP contribution in [0.25, 0.3) is 0 Å². The number of anilines is 1. The molecule has 0 fully saturated rings. The number of aromatic nitrogens is 3. The van der Waals surface area contributed by atoms with Crippen molar-refractivity contribution in [2.45, 2.75) is 25.1 Å². The smallest absolute Gasteiger partial charge is 0.322 e. The highest BCUT2D eigenvalue weighted by Crippen LogP contribution is 2.17. The second kappa shape index (κ2) is 6.19. The van der Waals surface area contributed by atoms with Crippen LogP contribution in [0.4, 0.5) is 5.95 Å². The molecule has 102 valence electrons. The molecule has 1 rings (SSSR count). The van der Waals surface area contributed by atoms with Crippen LogP contribution in [0.3, 0.4) is 0 Å². The minimum absolute atomic E-state index is 0.0579. The molecule has 0 bridgehead atoms. The highest BCUT2D eigenvalue weighted by atomic mass is 32.2. The molecule has 1 heterocycles. The number of nitrogen functional groups attached to an aromatic ring is 1. The number of hydrogen-bond acceptors (Lipinski definition) is 8. The van der Waals surface area contributed by atoms with Crippen LogP contribution in [-0.2, 0) is 9.84 Å². The van der Waals surface area contributed by atoms with Gasteiger partial charge in [0.15, 0.2) is 5.16 Å². The largest absolute Gasteiger partial charge is 0.461 e. The van der Waals surface area contributed by atoms with Crippen LogP contribution in [0.2, 0.25) is 0 Å². The van der Waals surface area contributed by atoms with E-state index in [9.17, 15) is 8.42 Å². The maximum absolute atomic E-state index is 11.0. The molecule has 0 saturated heterocycles. The Labute approximate surface area is 110 Å². The van der Waals surface area contributed by atoms with Crippen LogP contribution >= 0.6 is 11.8 Å². The molecule has 0 aliphatic carbocycles. The van der Waals surface area contributed by atoms with Crippen molar-refractivity contribution < 1.29 is 13.2 Å². The van der Waals surface area contributed by atoms with Crippen molar-refractivity contribution in [2.75, 3.05) is 23.5 Å². The Kier molecular flexibility index (Phi) is 5.15. The summed E-state index contributed by atoms with van der Waals surface area (Å²) in [4.78, 5) is 11.8. The molecular weight excluding hydrogens is 276 g/mol. The molecule has 18 heavy (non-hydrogen) atoms. The van der Waals surface area contributed by atoms with E-state index in [1.165, 1.54) is 18.0 Å². The summed E-state index contributed by atoms with van der Waals surface area (Å²) in [5.74, 6) is 0.482.